The molecule has 0 amide bonds. The number of rotatable bonds is 9. The minimum absolute atomic E-state index is 0.252. The Morgan fingerprint density at radius 3 is 2.68 bits per heavy atom. The number of anilines is 1. The van der Waals surface area contributed by atoms with E-state index in [2.05, 4.69) is 5.32 Å². The molecule has 0 radical (unpaired) electrons. The topological polar surface area (TPSA) is 67.8 Å². The minimum Gasteiger partial charge on any atom is -0.491 e. The number of carboxylic acid groups (broad SMARTS) is 1. The molecule has 2 fully saturated rings. The van der Waals surface area contributed by atoms with Crippen LogP contribution in [-0.2, 0) is 16.0 Å². The van der Waals surface area contributed by atoms with E-state index < -0.39 is 11.5 Å². The van der Waals surface area contributed by atoms with Gasteiger partial charge in [0.15, 0.2) is 11.6 Å². The number of hydrogen-bond acceptors (Lipinski definition) is 4. The van der Waals surface area contributed by atoms with Crippen LogP contribution in [0.3, 0.4) is 0 Å². The summed E-state index contributed by atoms with van der Waals surface area (Å²) in [7, 11) is 0. The molecule has 1 saturated heterocycles. The Kier molecular flexibility index (Phi) is 6.46. The molecule has 1 saturated carbocycles. The molecule has 0 spiro atoms. The van der Waals surface area contributed by atoms with Gasteiger partial charge in [-0.2, -0.15) is 0 Å². The van der Waals surface area contributed by atoms with E-state index in [1.54, 1.807) is 12.1 Å². The number of hydrogen-bond donors (Lipinski definition) is 2. The number of carboxylic acids is 1. The maximum atomic E-state index is 15.1. The first-order valence-electron chi connectivity index (χ1n) is 11.2. The fraction of sp³-hybridized carbons (Fsp3) is 0.480. The lowest BCUT2D eigenvalue weighted by atomic mass is 9.89. The van der Waals surface area contributed by atoms with Crippen LogP contribution < -0.4 is 10.1 Å². The molecule has 1 heterocycles. The smallest absolute Gasteiger partial charge is 0.329 e. The van der Waals surface area contributed by atoms with E-state index >= 15 is 4.39 Å². The van der Waals surface area contributed by atoms with E-state index in [1.165, 1.54) is 12.8 Å². The lowest BCUT2D eigenvalue weighted by Crippen LogP contribution is -2.50. The molecular weight excluding hydrogens is 397 g/mol. The molecule has 1 aliphatic heterocycles. The maximum absolute atomic E-state index is 15.1. The first kappa shape index (κ1) is 21.6. The molecule has 6 heteroatoms. The summed E-state index contributed by atoms with van der Waals surface area (Å²) in [6.07, 6.45) is 5.21. The van der Waals surface area contributed by atoms with Crippen molar-refractivity contribution in [2.45, 2.75) is 51.0 Å². The van der Waals surface area contributed by atoms with Crippen molar-refractivity contribution in [1.29, 1.82) is 0 Å². The van der Waals surface area contributed by atoms with E-state index in [9.17, 15) is 9.90 Å². The lowest BCUT2D eigenvalue weighted by molar-refractivity contribution is -0.145. The summed E-state index contributed by atoms with van der Waals surface area (Å²) in [6.45, 7) is 3.07. The summed E-state index contributed by atoms with van der Waals surface area (Å²) in [4.78, 5) is 12.0. The van der Waals surface area contributed by atoms with Gasteiger partial charge in [0.1, 0.15) is 5.54 Å². The Hall–Kier alpha value is -2.60. The highest BCUT2D eigenvalue weighted by molar-refractivity contribution is 5.83. The van der Waals surface area contributed by atoms with Crippen LogP contribution in [0.5, 0.6) is 5.75 Å². The first-order chi connectivity index (χ1) is 15.0. The fourth-order valence-corrected chi connectivity index (χ4v) is 4.28. The Balaban J connectivity index is 1.68. The van der Waals surface area contributed by atoms with Gasteiger partial charge in [-0.25, -0.2) is 9.18 Å². The van der Waals surface area contributed by atoms with Crippen LogP contribution in [0.25, 0.3) is 11.1 Å². The van der Waals surface area contributed by atoms with E-state index in [-0.39, 0.29) is 11.6 Å². The lowest BCUT2D eigenvalue weighted by Gasteiger charge is -2.35. The molecule has 0 bridgehead atoms. The van der Waals surface area contributed by atoms with E-state index in [0.717, 1.165) is 35.6 Å². The molecule has 166 valence electrons. The van der Waals surface area contributed by atoms with Gasteiger partial charge in [0.25, 0.3) is 0 Å². The maximum Gasteiger partial charge on any atom is 0.329 e. The summed E-state index contributed by atoms with van der Waals surface area (Å²) in [5.74, 6) is -0.230. The van der Waals surface area contributed by atoms with Crippen molar-refractivity contribution in [3.05, 3.63) is 47.8 Å². The number of benzene rings is 2. The number of nitrogens with one attached hydrogen (secondary N) is 1. The zero-order valence-electron chi connectivity index (χ0n) is 18.0. The summed E-state index contributed by atoms with van der Waals surface area (Å²) in [5.41, 5.74) is 2.09. The number of aryl methyl sites for hydroxylation is 1. The second-order valence-corrected chi connectivity index (χ2v) is 8.53. The van der Waals surface area contributed by atoms with Crippen molar-refractivity contribution >= 4 is 11.7 Å². The molecule has 0 aromatic heterocycles. The van der Waals surface area contributed by atoms with Gasteiger partial charge in [-0.15, -0.1) is 0 Å². The van der Waals surface area contributed by atoms with E-state index in [4.69, 9.17) is 9.47 Å². The quantitative estimate of drug-likeness (QED) is 0.570. The van der Waals surface area contributed by atoms with Gasteiger partial charge in [0.05, 0.1) is 6.61 Å². The largest absolute Gasteiger partial charge is 0.491 e. The summed E-state index contributed by atoms with van der Waals surface area (Å²) in [6, 6.07) is 11.0. The van der Waals surface area contributed by atoms with Crippen molar-refractivity contribution in [2.24, 2.45) is 5.92 Å². The number of aliphatic carboxylic acids is 1. The molecule has 5 nitrogen and oxygen atoms in total. The molecule has 2 N–H and O–H groups in total. The molecule has 2 aliphatic rings. The van der Waals surface area contributed by atoms with Crippen molar-refractivity contribution < 1.29 is 23.8 Å². The monoisotopic (exact) mass is 427 g/mol. The molecule has 2 aromatic carbocycles. The molecule has 1 aliphatic carbocycles. The van der Waals surface area contributed by atoms with Crippen molar-refractivity contribution in [1.82, 2.24) is 0 Å². The average molecular weight is 428 g/mol. The number of ether oxygens (including phenoxy) is 2. The Morgan fingerprint density at radius 1 is 1.23 bits per heavy atom. The SMILES string of the molecule is CCOc1cccc(-c2ccc(NC3(C(=O)O)CCOCC3)cc2CCC2CC2)c1F. The van der Waals surface area contributed by atoms with Gasteiger partial charge < -0.3 is 19.9 Å². The van der Waals surface area contributed by atoms with Crippen LogP contribution in [0.15, 0.2) is 36.4 Å². The van der Waals surface area contributed by atoms with E-state index in [0.29, 0.717) is 38.2 Å². The third-order valence-electron chi connectivity index (χ3n) is 6.32. The number of halogens is 1. The van der Waals surface area contributed by atoms with E-state index in [1.807, 2.05) is 31.2 Å². The third kappa shape index (κ3) is 4.85. The van der Waals surface area contributed by atoms with Crippen LogP contribution >= 0.6 is 0 Å². The van der Waals surface area contributed by atoms with Crippen molar-refractivity contribution in [3.8, 4) is 16.9 Å². The summed E-state index contributed by atoms with van der Waals surface area (Å²) < 4.78 is 26.0. The first-order valence-corrected chi connectivity index (χ1v) is 11.2. The van der Waals surface area contributed by atoms with Gasteiger partial charge in [0, 0.05) is 37.3 Å². The third-order valence-corrected chi connectivity index (χ3v) is 6.32. The predicted octanol–water partition coefficient (Wildman–Crippen LogP) is 5.28. The van der Waals surface area contributed by atoms with Gasteiger partial charge >= 0.3 is 5.97 Å². The van der Waals surface area contributed by atoms with Crippen LogP contribution in [0.2, 0.25) is 0 Å². The predicted molar refractivity (Wildman–Crippen MR) is 118 cm³/mol. The van der Waals surface area contributed by atoms with Gasteiger partial charge in [-0.3, -0.25) is 0 Å². The fourth-order valence-electron chi connectivity index (χ4n) is 4.28. The highest BCUT2D eigenvalue weighted by Gasteiger charge is 2.40. The number of carbonyl (C=O) groups is 1. The molecular formula is C25H30FNO4. The summed E-state index contributed by atoms with van der Waals surface area (Å²) >= 11 is 0. The van der Waals surface area contributed by atoms with Crippen LogP contribution in [0.4, 0.5) is 10.1 Å². The van der Waals surface area contributed by atoms with Gasteiger partial charge in [-0.1, -0.05) is 31.0 Å². The highest BCUT2D eigenvalue weighted by Crippen LogP contribution is 2.38. The molecule has 0 unspecified atom stereocenters. The Bertz CT molecular complexity index is 935. The zero-order valence-corrected chi connectivity index (χ0v) is 18.0. The normalized spacial score (nSPS) is 17.9. The van der Waals surface area contributed by atoms with Crippen LogP contribution in [0, 0.1) is 11.7 Å². The minimum atomic E-state index is -1.03. The average Bonchev–Trinajstić information content (AvgIpc) is 3.59. The van der Waals surface area contributed by atoms with Crippen LogP contribution in [0.1, 0.15) is 44.6 Å². The standard InChI is InChI=1S/C25H30FNO4/c1-2-31-22-5-3-4-21(23(22)26)20-11-10-19(16-18(20)9-8-17-6-7-17)27-25(24(28)29)12-14-30-15-13-25/h3-5,10-11,16-17,27H,2,6-9,12-15H2,1H3,(H,28,29). The summed E-state index contributed by atoms with van der Waals surface area (Å²) in [5, 5.41) is 13.1. The van der Waals surface area contributed by atoms with Gasteiger partial charge in [-0.05, 0) is 55.0 Å². The van der Waals surface area contributed by atoms with Crippen molar-refractivity contribution in [2.75, 3.05) is 25.1 Å². The zero-order chi connectivity index (χ0) is 21.8. The molecule has 4 rings (SSSR count). The second-order valence-electron chi connectivity index (χ2n) is 8.53. The van der Waals surface area contributed by atoms with Crippen molar-refractivity contribution in [3.63, 3.8) is 0 Å². The second kappa shape index (κ2) is 9.27. The Labute approximate surface area is 182 Å². The molecule has 2 aromatic rings. The molecule has 31 heavy (non-hydrogen) atoms. The highest BCUT2D eigenvalue weighted by atomic mass is 19.1. The van der Waals surface area contributed by atoms with Crippen LogP contribution in [-0.4, -0.2) is 36.4 Å². The molecule has 0 atom stereocenters. The van der Waals surface area contributed by atoms with Gasteiger partial charge in [0.2, 0.25) is 0 Å². The Morgan fingerprint density at radius 2 is 2.00 bits per heavy atom.